The van der Waals surface area contributed by atoms with Crippen LogP contribution in [0.1, 0.15) is 33.6 Å². The van der Waals surface area contributed by atoms with Gasteiger partial charge in [0.15, 0.2) is 0 Å². The molecule has 0 aliphatic rings. The molecule has 0 aromatic rings. The monoisotopic (exact) mass is 303 g/mol. The van der Waals surface area contributed by atoms with E-state index in [-0.39, 0.29) is 24.8 Å². The van der Waals surface area contributed by atoms with Crippen LogP contribution in [-0.2, 0) is 14.3 Å². The Balaban J connectivity index is 4.45. The van der Waals surface area contributed by atoms with Gasteiger partial charge in [-0.25, -0.2) is 9.59 Å². The second-order valence-electron chi connectivity index (χ2n) is 5.02. The molecule has 0 saturated carbocycles. The number of hydrogen-bond donors (Lipinski definition) is 4. The van der Waals surface area contributed by atoms with Gasteiger partial charge >= 0.3 is 12.0 Å². The molecule has 8 heteroatoms. The van der Waals surface area contributed by atoms with Gasteiger partial charge in [0.1, 0.15) is 6.04 Å². The zero-order chi connectivity index (χ0) is 16.4. The minimum atomic E-state index is -1.21. The van der Waals surface area contributed by atoms with Crippen molar-refractivity contribution in [2.24, 2.45) is 11.7 Å². The predicted molar refractivity (Wildman–Crippen MR) is 76.6 cm³/mol. The van der Waals surface area contributed by atoms with E-state index in [1.165, 1.54) is 0 Å². The van der Waals surface area contributed by atoms with Gasteiger partial charge in [0.2, 0.25) is 5.91 Å². The van der Waals surface area contributed by atoms with Gasteiger partial charge in [-0.05, 0) is 19.3 Å². The number of ether oxygens (including phenoxy) is 1. The number of nitrogens with one attached hydrogen (secondary N) is 2. The van der Waals surface area contributed by atoms with E-state index < -0.39 is 23.9 Å². The van der Waals surface area contributed by atoms with Crippen LogP contribution >= 0.6 is 0 Å². The number of aliphatic carboxylic acids is 1. The Bertz CT molecular complexity index is 360. The summed E-state index contributed by atoms with van der Waals surface area (Å²) in [5.41, 5.74) is 4.97. The number of nitrogens with two attached hydrogens (primary N) is 1. The first-order valence-electron chi connectivity index (χ1n) is 6.93. The lowest BCUT2D eigenvalue weighted by Crippen LogP contribution is -2.51. The van der Waals surface area contributed by atoms with Gasteiger partial charge in [0, 0.05) is 13.0 Å². The molecule has 0 rings (SSSR count). The molecule has 5 N–H and O–H groups in total. The van der Waals surface area contributed by atoms with E-state index in [9.17, 15) is 14.4 Å². The maximum Gasteiger partial charge on any atom is 0.326 e. The van der Waals surface area contributed by atoms with Gasteiger partial charge in [-0.15, -0.1) is 0 Å². The standard InChI is InChI=1S/C13H25N3O5/c1-4-21-7-10(8(2)3)16-13(20)15-9(12(18)19)5-6-11(14)17/h8-10H,4-7H2,1-3H3,(H2,14,17)(H,18,19)(H2,15,16,20)/t9-,10?/m1/s1. The number of carbonyl (C=O) groups is 3. The van der Waals surface area contributed by atoms with Gasteiger partial charge in [-0.2, -0.15) is 0 Å². The fourth-order valence-electron chi connectivity index (χ4n) is 1.56. The number of rotatable bonds is 10. The van der Waals surface area contributed by atoms with Crippen molar-refractivity contribution in [2.45, 2.75) is 45.7 Å². The van der Waals surface area contributed by atoms with Crippen LogP contribution in [0.25, 0.3) is 0 Å². The van der Waals surface area contributed by atoms with Crippen molar-refractivity contribution < 1.29 is 24.2 Å². The smallest absolute Gasteiger partial charge is 0.326 e. The molecule has 122 valence electrons. The average Bonchev–Trinajstić information content (AvgIpc) is 2.38. The predicted octanol–water partition coefficient (Wildman–Crippen LogP) is 0.0654. The van der Waals surface area contributed by atoms with Crippen molar-refractivity contribution in [3.8, 4) is 0 Å². The normalized spacial score (nSPS) is 13.5. The SMILES string of the molecule is CCOCC(NC(=O)N[C@H](CCC(N)=O)C(=O)O)C(C)C. The molecule has 2 atom stereocenters. The van der Waals surface area contributed by atoms with Crippen LogP contribution in [0.3, 0.4) is 0 Å². The van der Waals surface area contributed by atoms with E-state index in [1.807, 2.05) is 20.8 Å². The summed E-state index contributed by atoms with van der Waals surface area (Å²) < 4.78 is 5.27. The minimum Gasteiger partial charge on any atom is -0.480 e. The van der Waals surface area contributed by atoms with Crippen molar-refractivity contribution >= 4 is 17.9 Å². The molecule has 0 aliphatic heterocycles. The zero-order valence-electron chi connectivity index (χ0n) is 12.7. The molecule has 0 saturated heterocycles. The van der Waals surface area contributed by atoms with E-state index in [2.05, 4.69) is 10.6 Å². The molecule has 8 nitrogen and oxygen atoms in total. The van der Waals surface area contributed by atoms with Crippen molar-refractivity contribution in [2.75, 3.05) is 13.2 Å². The summed E-state index contributed by atoms with van der Waals surface area (Å²) in [5.74, 6) is -1.69. The first-order valence-corrected chi connectivity index (χ1v) is 6.93. The largest absolute Gasteiger partial charge is 0.480 e. The number of carboxylic acids is 1. The quantitative estimate of drug-likeness (QED) is 0.453. The summed E-state index contributed by atoms with van der Waals surface area (Å²) in [5, 5.41) is 14.0. The van der Waals surface area contributed by atoms with E-state index in [0.29, 0.717) is 13.2 Å². The first-order chi connectivity index (χ1) is 9.77. The van der Waals surface area contributed by atoms with Crippen LogP contribution in [-0.4, -0.2) is 48.3 Å². The minimum absolute atomic E-state index is 0.0457. The topological polar surface area (TPSA) is 131 Å². The lowest BCUT2D eigenvalue weighted by Gasteiger charge is -2.23. The van der Waals surface area contributed by atoms with Gasteiger partial charge < -0.3 is 26.2 Å². The highest BCUT2D eigenvalue weighted by Gasteiger charge is 2.23. The Morgan fingerprint density at radius 2 is 1.86 bits per heavy atom. The third-order valence-corrected chi connectivity index (χ3v) is 2.91. The molecule has 0 aromatic heterocycles. The molecular weight excluding hydrogens is 278 g/mol. The molecule has 3 amide bonds. The van der Waals surface area contributed by atoms with Crippen molar-refractivity contribution in [1.29, 1.82) is 0 Å². The first kappa shape index (κ1) is 19.2. The number of primary amides is 1. The molecule has 1 unspecified atom stereocenters. The Hall–Kier alpha value is -1.83. The highest BCUT2D eigenvalue weighted by molar-refractivity contribution is 5.83. The van der Waals surface area contributed by atoms with Crippen LogP contribution < -0.4 is 16.4 Å². The third kappa shape index (κ3) is 8.85. The molecule has 0 fully saturated rings. The highest BCUT2D eigenvalue weighted by Crippen LogP contribution is 2.03. The van der Waals surface area contributed by atoms with Crippen LogP contribution in [0.2, 0.25) is 0 Å². The zero-order valence-corrected chi connectivity index (χ0v) is 12.7. The summed E-state index contributed by atoms with van der Waals surface area (Å²) in [6.45, 7) is 6.57. The number of urea groups is 1. The Labute approximate surface area is 124 Å². The van der Waals surface area contributed by atoms with Crippen molar-refractivity contribution in [3.05, 3.63) is 0 Å². The molecule has 0 aromatic carbocycles. The summed E-state index contributed by atoms with van der Waals surface area (Å²) in [6, 6.07) is -1.99. The van der Waals surface area contributed by atoms with Crippen LogP contribution in [0.15, 0.2) is 0 Å². The van der Waals surface area contributed by atoms with E-state index in [4.69, 9.17) is 15.6 Å². The van der Waals surface area contributed by atoms with Gasteiger partial charge in [-0.3, -0.25) is 4.79 Å². The fourth-order valence-corrected chi connectivity index (χ4v) is 1.56. The maximum absolute atomic E-state index is 11.8. The number of carboxylic acid groups (broad SMARTS) is 1. The number of hydrogen-bond acceptors (Lipinski definition) is 4. The van der Waals surface area contributed by atoms with Crippen LogP contribution in [0.5, 0.6) is 0 Å². The summed E-state index contributed by atoms with van der Waals surface area (Å²) in [7, 11) is 0. The molecule has 0 spiro atoms. The number of amides is 3. The second kappa shape index (κ2) is 9.98. The molecular formula is C13H25N3O5. The Kier molecular flexibility index (Phi) is 9.11. The van der Waals surface area contributed by atoms with Gasteiger partial charge in [0.05, 0.1) is 12.6 Å². The molecule has 0 heterocycles. The Morgan fingerprint density at radius 3 is 2.29 bits per heavy atom. The average molecular weight is 303 g/mol. The lowest BCUT2D eigenvalue weighted by molar-refractivity contribution is -0.139. The van der Waals surface area contributed by atoms with E-state index in [0.717, 1.165) is 0 Å². The Morgan fingerprint density at radius 1 is 1.24 bits per heavy atom. The second-order valence-corrected chi connectivity index (χ2v) is 5.02. The van der Waals surface area contributed by atoms with E-state index >= 15 is 0 Å². The van der Waals surface area contributed by atoms with Crippen LogP contribution in [0.4, 0.5) is 4.79 Å². The number of carbonyl (C=O) groups excluding carboxylic acids is 2. The summed E-state index contributed by atoms with van der Waals surface area (Å²) in [6.07, 6.45) is -0.153. The molecule has 0 radical (unpaired) electrons. The molecule has 0 bridgehead atoms. The lowest BCUT2D eigenvalue weighted by atomic mass is 10.1. The van der Waals surface area contributed by atoms with Crippen molar-refractivity contribution in [1.82, 2.24) is 10.6 Å². The summed E-state index contributed by atoms with van der Waals surface area (Å²) >= 11 is 0. The fraction of sp³-hybridized carbons (Fsp3) is 0.769. The molecule has 21 heavy (non-hydrogen) atoms. The molecule has 0 aliphatic carbocycles. The third-order valence-electron chi connectivity index (χ3n) is 2.91. The highest BCUT2D eigenvalue weighted by atomic mass is 16.5. The van der Waals surface area contributed by atoms with E-state index in [1.54, 1.807) is 0 Å². The summed E-state index contributed by atoms with van der Waals surface area (Å²) in [4.78, 5) is 33.5. The maximum atomic E-state index is 11.8. The van der Waals surface area contributed by atoms with Gasteiger partial charge in [-0.1, -0.05) is 13.8 Å². The van der Waals surface area contributed by atoms with Gasteiger partial charge in [0.25, 0.3) is 0 Å². The van der Waals surface area contributed by atoms with Crippen molar-refractivity contribution in [3.63, 3.8) is 0 Å². The van der Waals surface area contributed by atoms with Crippen LogP contribution in [0, 0.1) is 5.92 Å².